The van der Waals surface area contributed by atoms with E-state index in [1.54, 1.807) is 17.6 Å². The molecule has 0 saturated carbocycles. The average molecular weight is 209 g/mol. The molecule has 0 saturated heterocycles. The van der Waals surface area contributed by atoms with E-state index in [-0.39, 0.29) is 6.61 Å². The highest BCUT2D eigenvalue weighted by molar-refractivity contribution is 7.15. The fraction of sp³-hybridized carbons (Fsp3) is 0.300. The van der Waals surface area contributed by atoms with Crippen LogP contribution in [0, 0.1) is 6.92 Å². The predicted molar refractivity (Wildman–Crippen MR) is 55.3 cm³/mol. The van der Waals surface area contributed by atoms with Gasteiger partial charge >= 0.3 is 0 Å². The summed E-state index contributed by atoms with van der Waals surface area (Å²) >= 11 is 1.60. The lowest BCUT2D eigenvalue weighted by atomic mass is 10.3. The maximum Gasteiger partial charge on any atom is 0.162 e. The fourth-order valence-electron chi connectivity index (χ4n) is 1.27. The molecule has 0 aliphatic rings. The highest BCUT2D eigenvalue weighted by Crippen LogP contribution is 2.27. The topological polar surface area (TPSA) is 46.3 Å². The molecule has 0 spiro atoms. The molecule has 2 rings (SSSR count). The third-order valence-corrected chi connectivity index (χ3v) is 3.00. The zero-order valence-electron chi connectivity index (χ0n) is 7.86. The Balaban J connectivity index is 2.33. The maximum absolute atomic E-state index is 8.83. The Bertz CT molecular complexity index is 406. The van der Waals surface area contributed by atoms with Crippen LogP contribution in [0.5, 0.6) is 0 Å². The van der Waals surface area contributed by atoms with E-state index < -0.39 is 0 Å². The first-order valence-corrected chi connectivity index (χ1v) is 5.24. The van der Waals surface area contributed by atoms with Crippen molar-refractivity contribution in [1.29, 1.82) is 0 Å². The van der Waals surface area contributed by atoms with Crippen molar-refractivity contribution in [1.82, 2.24) is 4.98 Å². The second-order valence-electron chi connectivity index (χ2n) is 2.97. The lowest BCUT2D eigenvalue weighted by Gasteiger charge is -1.91. The Hall–Kier alpha value is -1.13. The number of rotatable bonds is 3. The molecule has 0 amide bonds. The van der Waals surface area contributed by atoms with Gasteiger partial charge in [-0.2, -0.15) is 0 Å². The Labute approximate surface area is 86.0 Å². The van der Waals surface area contributed by atoms with Crippen LogP contribution < -0.4 is 0 Å². The van der Waals surface area contributed by atoms with Gasteiger partial charge in [0.05, 0.1) is 12.0 Å². The number of aliphatic hydroxyl groups is 1. The molecule has 0 unspecified atom stereocenters. The molecule has 2 aromatic heterocycles. The van der Waals surface area contributed by atoms with E-state index in [1.807, 2.05) is 19.1 Å². The van der Waals surface area contributed by atoms with E-state index in [1.165, 1.54) is 0 Å². The second kappa shape index (κ2) is 3.94. The minimum Gasteiger partial charge on any atom is -0.462 e. The molecule has 0 aromatic carbocycles. The van der Waals surface area contributed by atoms with Gasteiger partial charge in [-0.15, -0.1) is 11.3 Å². The molecule has 0 atom stereocenters. The minimum absolute atomic E-state index is 0.141. The summed E-state index contributed by atoms with van der Waals surface area (Å²) in [6.45, 7) is 2.15. The van der Waals surface area contributed by atoms with E-state index in [2.05, 4.69) is 4.98 Å². The lowest BCUT2D eigenvalue weighted by Crippen LogP contribution is -1.92. The zero-order chi connectivity index (χ0) is 9.97. The molecule has 1 N–H and O–H groups in total. The number of aromatic nitrogens is 1. The molecule has 2 heterocycles. The second-order valence-corrected chi connectivity index (χ2v) is 4.18. The molecule has 0 aliphatic carbocycles. The Morgan fingerprint density at radius 2 is 2.43 bits per heavy atom. The van der Waals surface area contributed by atoms with Crippen LogP contribution in [0.4, 0.5) is 0 Å². The molecular weight excluding hydrogens is 198 g/mol. The Morgan fingerprint density at radius 3 is 3.07 bits per heavy atom. The minimum atomic E-state index is 0.141. The smallest absolute Gasteiger partial charge is 0.162 e. The summed E-state index contributed by atoms with van der Waals surface area (Å²) in [5, 5.41) is 9.71. The Morgan fingerprint density at radius 1 is 1.57 bits per heavy atom. The van der Waals surface area contributed by atoms with Crippen molar-refractivity contribution in [2.75, 3.05) is 6.61 Å². The quantitative estimate of drug-likeness (QED) is 0.843. The molecule has 74 valence electrons. The maximum atomic E-state index is 8.83. The van der Waals surface area contributed by atoms with E-state index in [4.69, 9.17) is 9.52 Å². The molecule has 2 aromatic rings. The first kappa shape index (κ1) is 9.43. The lowest BCUT2D eigenvalue weighted by molar-refractivity contribution is 0.298. The molecule has 0 aliphatic heterocycles. The van der Waals surface area contributed by atoms with Crippen molar-refractivity contribution in [2.24, 2.45) is 0 Å². The van der Waals surface area contributed by atoms with Gasteiger partial charge in [-0.05, 0) is 19.1 Å². The number of nitrogens with zero attached hydrogens (tertiary/aromatic N) is 1. The number of hydrogen-bond donors (Lipinski definition) is 1. The van der Waals surface area contributed by atoms with Crippen molar-refractivity contribution in [2.45, 2.75) is 13.3 Å². The van der Waals surface area contributed by atoms with E-state index >= 15 is 0 Å². The van der Waals surface area contributed by atoms with Crippen LogP contribution in [0.3, 0.4) is 0 Å². The molecule has 4 heteroatoms. The summed E-state index contributed by atoms with van der Waals surface area (Å²) in [6, 6.07) is 3.73. The highest BCUT2D eigenvalue weighted by Gasteiger charge is 2.10. The first-order chi connectivity index (χ1) is 6.81. The third kappa shape index (κ3) is 1.71. The summed E-state index contributed by atoms with van der Waals surface area (Å²) in [7, 11) is 0. The number of thiazole rings is 1. The summed E-state index contributed by atoms with van der Waals surface area (Å²) in [5.41, 5.74) is 0.962. The highest BCUT2D eigenvalue weighted by atomic mass is 32.1. The SMILES string of the molecule is Cc1sc(-c2ccco2)nc1CCO. The largest absolute Gasteiger partial charge is 0.462 e. The number of furan rings is 1. The van der Waals surface area contributed by atoms with Crippen molar-refractivity contribution < 1.29 is 9.52 Å². The van der Waals surface area contributed by atoms with E-state index in [0.29, 0.717) is 6.42 Å². The molecule has 0 radical (unpaired) electrons. The van der Waals surface area contributed by atoms with Gasteiger partial charge in [0.1, 0.15) is 0 Å². The third-order valence-electron chi connectivity index (χ3n) is 1.97. The van der Waals surface area contributed by atoms with Gasteiger partial charge in [-0.3, -0.25) is 0 Å². The van der Waals surface area contributed by atoms with Gasteiger partial charge in [0.15, 0.2) is 10.8 Å². The van der Waals surface area contributed by atoms with Crippen molar-refractivity contribution in [3.05, 3.63) is 29.0 Å². The summed E-state index contributed by atoms with van der Waals surface area (Å²) < 4.78 is 5.25. The monoisotopic (exact) mass is 209 g/mol. The van der Waals surface area contributed by atoms with Gasteiger partial charge < -0.3 is 9.52 Å². The van der Waals surface area contributed by atoms with Crippen molar-refractivity contribution in [3.63, 3.8) is 0 Å². The Kier molecular flexibility index (Phi) is 2.65. The first-order valence-electron chi connectivity index (χ1n) is 4.42. The molecular formula is C10H11NO2S. The van der Waals surface area contributed by atoms with Crippen LogP contribution in [0.25, 0.3) is 10.8 Å². The number of aryl methyl sites for hydroxylation is 1. The zero-order valence-corrected chi connectivity index (χ0v) is 8.67. The van der Waals surface area contributed by atoms with Crippen LogP contribution in [0.2, 0.25) is 0 Å². The fourth-order valence-corrected chi connectivity index (χ4v) is 2.20. The molecule has 0 fully saturated rings. The molecule has 14 heavy (non-hydrogen) atoms. The van der Waals surface area contributed by atoms with E-state index in [9.17, 15) is 0 Å². The summed E-state index contributed by atoms with van der Waals surface area (Å²) in [6.07, 6.45) is 2.25. The van der Waals surface area contributed by atoms with Crippen LogP contribution in [-0.4, -0.2) is 16.7 Å². The van der Waals surface area contributed by atoms with Crippen LogP contribution in [0.1, 0.15) is 10.6 Å². The average Bonchev–Trinajstić information content (AvgIpc) is 2.76. The van der Waals surface area contributed by atoms with Crippen molar-refractivity contribution in [3.8, 4) is 10.8 Å². The standard InChI is InChI=1S/C10H11NO2S/c1-7-8(4-5-12)11-10(14-7)9-3-2-6-13-9/h2-3,6,12H,4-5H2,1H3. The number of aliphatic hydroxyl groups excluding tert-OH is 1. The molecule has 0 bridgehead atoms. The summed E-state index contributed by atoms with van der Waals surface area (Å²) in [4.78, 5) is 5.55. The van der Waals surface area contributed by atoms with Gasteiger partial charge in [0.2, 0.25) is 0 Å². The number of hydrogen-bond acceptors (Lipinski definition) is 4. The normalized spacial score (nSPS) is 10.7. The molecule has 3 nitrogen and oxygen atoms in total. The van der Waals surface area contributed by atoms with Crippen LogP contribution in [0.15, 0.2) is 22.8 Å². The predicted octanol–water partition coefficient (Wildman–Crippen LogP) is 2.25. The van der Waals surface area contributed by atoms with Crippen molar-refractivity contribution >= 4 is 11.3 Å². The van der Waals surface area contributed by atoms with Gasteiger partial charge in [0, 0.05) is 17.9 Å². The van der Waals surface area contributed by atoms with Crippen LogP contribution >= 0.6 is 11.3 Å². The van der Waals surface area contributed by atoms with E-state index in [0.717, 1.165) is 21.3 Å². The van der Waals surface area contributed by atoms with Crippen LogP contribution in [-0.2, 0) is 6.42 Å². The van der Waals surface area contributed by atoms with Gasteiger partial charge in [-0.1, -0.05) is 0 Å². The van der Waals surface area contributed by atoms with Gasteiger partial charge in [-0.25, -0.2) is 4.98 Å². The summed E-state index contributed by atoms with van der Waals surface area (Å²) in [5.74, 6) is 0.794. The van der Waals surface area contributed by atoms with Gasteiger partial charge in [0.25, 0.3) is 0 Å².